The molecule has 3 atom stereocenters. The van der Waals surface area contributed by atoms with Crippen molar-refractivity contribution in [1.82, 2.24) is 20.4 Å². The molecule has 2 aliphatic rings. The molecule has 6 rings (SSSR count). The molecule has 0 spiro atoms. The number of benzene rings is 2. The number of aromatic nitrogens is 4. The van der Waals surface area contributed by atoms with Crippen LogP contribution in [0.1, 0.15) is 80.7 Å². The Kier molecular flexibility index (Phi) is 7.46. The average molecular weight is 575 g/mol. The second-order valence-corrected chi connectivity index (χ2v) is 12.0. The number of hydrogen-bond donors (Lipinski definition) is 3. The number of aryl methyl sites for hydroxylation is 2. The molecule has 204 valence electrons. The quantitative estimate of drug-likeness (QED) is 0.249. The van der Waals surface area contributed by atoms with Gasteiger partial charge in [-0.05, 0) is 36.0 Å². The van der Waals surface area contributed by atoms with Gasteiger partial charge in [-0.25, -0.2) is 0 Å². The Morgan fingerprint density at radius 3 is 1.98 bits per heavy atom. The Balaban J connectivity index is 0.952. The van der Waals surface area contributed by atoms with E-state index in [0.29, 0.717) is 28.7 Å². The second-order valence-electron chi connectivity index (χ2n) is 9.89. The van der Waals surface area contributed by atoms with Crippen molar-refractivity contribution in [2.75, 3.05) is 10.6 Å². The van der Waals surface area contributed by atoms with Crippen molar-refractivity contribution in [2.45, 2.75) is 56.5 Å². The number of hydrogen-bond acceptors (Lipinski definition) is 10. The first-order valence-electron chi connectivity index (χ1n) is 13.1. The van der Waals surface area contributed by atoms with Crippen molar-refractivity contribution in [3.05, 3.63) is 80.8 Å². The number of carbonyl (C=O) groups is 3. The molecule has 40 heavy (non-hydrogen) atoms. The van der Waals surface area contributed by atoms with Gasteiger partial charge in [-0.3, -0.25) is 25.0 Å². The minimum atomic E-state index is -0.632. The Labute approximate surface area is 237 Å². The van der Waals surface area contributed by atoms with Gasteiger partial charge in [0.25, 0.3) is 0 Å². The zero-order chi connectivity index (χ0) is 27.6. The molecule has 3 N–H and O–H groups in total. The van der Waals surface area contributed by atoms with E-state index in [-0.39, 0.29) is 24.0 Å². The normalized spacial score (nSPS) is 19.3. The van der Waals surface area contributed by atoms with Crippen LogP contribution in [0.15, 0.2) is 48.5 Å². The summed E-state index contributed by atoms with van der Waals surface area (Å²) in [6.45, 7) is 0. The molecule has 0 bridgehead atoms. The van der Waals surface area contributed by atoms with Gasteiger partial charge in [0.15, 0.2) is 5.78 Å². The molecule has 12 heteroatoms. The molecular formula is C28H26N6O4S2. The summed E-state index contributed by atoms with van der Waals surface area (Å²) < 4.78 is 0. The van der Waals surface area contributed by atoms with Crippen LogP contribution in [0.25, 0.3) is 0 Å². The maximum absolute atomic E-state index is 12.8. The molecule has 2 aromatic carbocycles. The van der Waals surface area contributed by atoms with E-state index in [9.17, 15) is 19.5 Å². The largest absolute Gasteiger partial charge is 0.388 e. The molecule has 0 aliphatic heterocycles. The molecule has 0 saturated carbocycles. The van der Waals surface area contributed by atoms with Crippen LogP contribution in [0.4, 0.5) is 10.3 Å². The van der Waals surface area contributed by atoms with Gasteiger partial charge in [0.1, 0.15) is 10.0 Å². The fraction of sp³-hybridized carbons (Fsp3) is 0.321. The molecular weight excluding hydrogens is 548 g/mol. The van der Waals surface area contributed by atoms with Crippen LogP contribution < -0.4 is 10.6 Å². The third-order valence-electron chi connectivity index (χ3n) is 7.27. The number of ketones is 1. The Hall–Kier alpha value is -3.87. The summed E-state index contributed by atoms with van der Waals surface area (Å²) in [5, 5.41) is 35.1. The maximum atomic E-state index is 12.8. The van der Waals surface area contributed by atoms with Crippen LogP contribution in [-0.4, -0.2) is 43.1 Å². The van der Waals surface area contributed by atoms with Gasteiger partial charge in [0.2, 0.25) is 22.1 Å². The van der Waals surface area contributed by atoms with Crippen LogP contribution in [0, 0.1) is 0 Å². The van der Waals surface area contributed by atoms with E-state index in [1.165, 1.54) is 22.7 Å². The van der Waals surface area contributed by atoms with Gasteiger partial charge in [-0.15, -0.1) is 20.4 Å². The van der Waals surface area contributed by atoms with Gasteiger partial charge < -0.3 is 5.11 Å². The Morgan fingerprint density at radius 2 is 1.32 bits per heavy atom. The summed E-state index contributed by atoms with van der Waals surface area (Å²) in [7, 11) is 0. The van der Waals surface area contributed by atoms with Crippen molar-refractivity contribution < 1.29 is 19.5 Å². The van der Waals surface area contributed by atoms with Gasteiger partial charge in [-0.1, -0.05) is 71.2 Å². The topological polar surface area (TPSA) is 147 Å². The number of aliphatic hydroxyl groups excluding tert-OH is 1. The highest BCUT2D eigenvalue weighted by Gasteiger charge is 2.35. The van der Waals surface area contributed by atoms with Crippen LogP contribution >= 0.6 is 22.7 Å². The molecule has 2 heterocycles. The zero-order valence-electron chi connectivity index (χ0n) is 21.4. The third kappa shape index (κ3) is 5.42. The van der Waals surface area contributed by atoms with Crippen LogP contribution in [-0.2, 0) is 22.4 Å². The number of fused-ring (bicyclic) bond motifs is 2. The van der Waals surface area contributed by atoms with Gasteiger partial charge >= 0.3 is 0 Å². The predicted molar refractivity (Wildman–Crippen MR) is 151 cm³/mol. The van der Waals surface area contributed by atoms with Gasteiger partial charge in [-0.2, -0.15) is 0 Å². The lowest BCUT2D eigenvalue weighted by Gasteiger charge is -2.09. The van der Waals surface area contributed by atoms with E-state index in [4.69, 9.17) is 0 Å². The molecule has 2 aromatic heterocycles. The average Bonchev–Trinajstić information content (AvgIpc) is 3.74. The van der Waals surface area contributed by atoms with Crippen LogP contribution in [0.5, 0.6) is 0 Å². The number of unbranched alkanes of at least 4 members (excludes halogenated alkanes) is 1. The molecule has 10 nitrogen and oxygen atoms in total. The maximum Gasteiger partial charge on any atom is 0.234 e. The summed E-state index contributed by atoms with van der Waals surface area (Å²) in [4.78, 5) is 37.8. The monoisotopic (exact) mass is 574 g/mol. The minimum Gasteiger partial charge on any atom is -0.388 e. The number of rotatable bonds is 9. The number of carbonyl (C=O) groups excluding carboxylic acids is 3. The first kappa shape index (κ1) is 26.4. The fourth-order valence-electron chi connectivity index (χ4n) is 5.30. The van der Waals surface area contributed by atoms with Crippen molar-refractivity contribution >= 4 is 50.5 Å². The minimum absolute atomic E-state index is 0.0157. The van der Waals surface area contributed by atoms with Crippen molar-refractivity contribution in [1.29, 1.82) is 0 Å². The number of anilines is 2. The first-order valence-corrected chi connectivity index (χ1v) is 14.7. The van der Waals surface area contributed by atoms with E-state index in [1.54, 1.807) is 12.1 Å². The molecule has 0 fully saturated rings. The van der Waals surface area contributed by atoms with Gasteiger partial charge in [0, 0.05) is 24.8 Å². The van der Waals surface area contributed by atoms with Gasteiger partial charge in [0.05, 0.1) is 17.9 Å². The lowest BCUT2D eigenvalue weighted by molar-refractivity contribution is -0.118. The van der Waals surface area contributed by atoms with Crippen LogP contribution in [0.2, 0.25) is 0 Å². The predicted octanol–water partition coefficient (Wildman–Crippen LogP) is 4.42. The van der Waals surface area contributed by atoms with E-state index in [1.807, 2.05) is 36.4 Å². The molecule has 2 aliphatic carbocycles. The molecule has 0 radical (unpaired) electrons. The van der Waals surface area contributed by atoms with Crippen molar-refractivity contribution in [3.8, 4) is 0 Å². The zero-order valence-corrected chi connectivity index (χ0v) is 23.0. The Morgan fingerprint density at radius 1 is 0.775 bits per heavy atom. The molecule has 3 unspecified atom stereocenters. The summed E-state index contributed by atoms with van der Waals surface area (Å²) in [5.41, 5.74) is 3.04. The summed E-state index contributed by atoms with van der Waals surface area (Å²) >= 11 is 2.69. The number of aliphatic hydroxyl groups is 1. The number of amides is 2. The Bertz CT molecular complexity index is 1580. The standard InChI is InChI=1S/C28H26N6O4S2/c35-21-13-19(15-7-1-3-9-17(15)21)25(37)29-27-33-31-23(39-27)11-5-6-12-24-32-34-28(40-24)30-26(38)20-14-22(36)18-10-4-2-8-16(18)20/h1-4,7-10,19-21,35H,5-6,11-14H2,(H,29,33,37)(H,30,34,38). The molecule has 4 aromatic rings. The van der Waals surface area contributed by atoms with E-state index < -0.39 is 17.9 Å². The summed E-state index contributed by atoms with van der Waals surface area (Å²) in [6.07, 6.45) is 3.04. The smallest absolute Gasteiger partial charge is 0.234 e. The van der Waals surface area contributed by atoms with Crippen molar-refractivity contribution in [3.63, 3.8) is 0 Å². The molecule has 0 saturated heterocycles. The summed E-state index contributed by atoms with van der Waals surface area (Å²) in [5.74, 6) is -1.35. The first-order chi connectivity index (χ1) is 19.5. The molecule has 2 amide bonds. The lowest BCUT2D eigenvalue weighted by Crippen LogP contribution is -2.19. The third-order valence-corrected chi connectivity index (χ3v) is 9.07. The second kappa shape index (κ2) is 11.3. The van der Waals surface area contributed by atoms with Crippen molar-refractivity contribution in [2.24, 2.45) is 0 Å². The van der Waals surface area contributed by atoms with E-state index in [0.717, 1.165) is 46.0 Å². The highest BCUT2D eigenvalue weighted by molar-refractivity contribution is 7.15. The fourth-order valence-corrected chi connectivity index (χ4v) is 6.87. The van der Waals surface area contributed by atoms with E-state index in [2.05, 4.69) is 31.0 Å². The van der Waals surface area contributed by atoms with E-state index >= 15 is 0 Å². The van der Waals surface area contributed by atoms with Crippen LogP contribution in [0.3, 0.4) is 0 Å². The SMILES string of the molecule is O=C1CC(C(=O)Nc2nnc(CCCCc3nnc(NC(=O)C4CC(O)c5ccccc54)s3)s2)c2ccccc21. The lowest BCUT2D eigenvalue weighted by atomic mass is 10.0. The highest BCUT2D eigenvalue weighted by atomic mass is 32.1. The highest BCUT2D eigenvalue weighted by Crippen LogP contribution is 2.40. The number of Topliss-reactive ketones (excluding diaryl/α,β-unsaturated/α-hetero) is 1. The number of nitrogens with one attached hydrogen (secondary N) is 2. The summed E-state index contributed by atoms with van der Waals surface area (Å²) in [6, 6.07) is 14.7. The number of nitrogens with zero attached hydrogens (tertiary/aromatic N) is 4.